The van der Waals surface area contributed by atoms with Gasteiger partial charge in [0.05, 0.1) is 0 Å². The van der Waals surface area contributed by atoms with Crippen molar-refractivity contribution in [1.82, 2.24) is 4.57 Å². The van der Waals surface area contributed by atoms with Crippen molar-refractivity contribution < 1.29 is 13.9 Å². The predicted molar refractivity (Wildman–Crippen MR) is 94.4 cm³/mol. The molecule has 4 nitrogen and oxygen atoms in total. The predicted octanol–water partition coefficient (Wildman–Crippen LogP) is 2.94. The molecule has 0 aliphatic carbocycles. The largest absolute Gasteiger partial charge is 0.374 e. The lowest BCUT2D eigenvalue weighted by Gasteiger charge is -2.14. The summed E-state index contributed by atoms with van der Waals surface area (Å²) in [6.07, 6.45) is 0.169. The maximum Gasteiger partial charge on any atom is 0.250 e. The lowest BCUT2D eigenvalue weighted by atomic mass is 10.0. The van der Waals surface area contributed by atoms with Gasteiger partial charge in [-0.1, -0.05) is 6.07 Å². The number of aromatic nitrogens is 1. The van der Waals surface area contributed by atoms with E-state index in [1.807, 2.05) is 22.6 Å². The summed E-state index contributed by atoms with van der Waals surface area (Å²) in [6.45, 7) is 2.17. The topological polar surface area (TPSA) is 48.3 Å². The Balaban J connectivity index is 2.45. The second-order valence-electron chi connectivity index (χ2n) is 5.06. The minimum atomic E-state index is -0.351. The first-order valence-electron chi connectivity index (χ1n) is 7.17. The number of rotatable bonds is 6. The first kappa shape index (κ1) is 17.8. The van der Waals surface area contributed by atoms with E-state index in [2.05, 4.69) is 0 Å². The maximum atomic E-state index is 14.1. The van der Waals surface area contributed by atoms with E-state index in [-0.39, 0.29) is 30.2 Å². The van der Waals surface area contributed by atoms with Crippen molar-refractivity contribution in [3.63, 3.8) is 0 Å². The zero-order valence-corrected chi connectivity index (χ0v) is 15.1. The Hall–Kier alpha value is -1.54. The Bertz CT molecular complexity index is 786. The number of ketones is 1. The molecule has 0 amide bonds. The highest BCUT2D eigenvalue weighted by molar-refractivity contribution is 14.1. The molecule has 0 aliphatic heterocycles. The molecule has 1 heterocycles. The highest BCUT2D eigenvalue weighted by Crippen LogP contribution is 2.18. The second kappa shape index (κ2) is 7.83. The van der Waals surface area contributed by atoms with Crippen LogP contribution >= 0.6 is 22.6 Å². The number of hydrogen-bond donors (Lipinski definition) is 0. The molecule has 122 valence electrons. The Kier molecular flexibility index (Phi) is 6.06. The van der Waals surface area contributed by atoms with Gasteiger partial charge in [0.2, 0.25) is 0 Å². The summed E-state index contributed by atoms with van der Waals surface area (Å²) in [5.41, 5.74) is 1.08. The molecule has 1 aromatic carbocycles. The quantitative estimate of drug-likeness (QED) is 0.524. The second-order valence-corrected chi connectivity index (χ2v) is 6.31. The molecule has 0 atom stereocenters. The van der Waals surface area contributed by atoms with Gasteiger partial charge < -0.3 is 9.30 Å². The van der Waals surface area contributed by atoms with Gasteiger partial charge in [0.25, 0.3) is 5.56 Å². The van der Waals surface area contributed by atoms with Gasteiger partial charge in [-0.15, -0.1) is 0 Å². The van der Waals surface area contributed by atoms with Crippen molar-refractivity contribution in [2.45, 2.75) is 13.3 Å². The SMILES string of the molecule is CCOCC(=O)c1ccc(=O)n(C)c1Cc1ccc(I)cc1F. The third-order valence-corrected chi connectivity index (χ3v) is 4.22. The van der Waals surface area contributed by atoms with Gasteiger partial charge in [0, 0.05) is 41.0 Å². The molecule has 0 bridgehead atoms. The summed E-state index contributed by atoms with van der Waals surface area (Å²) in [4.78, 5) is 24.2. The zero-order valence-electron chi connectivity index (χ0n) is 12.9. The van der Waals surface area contributed by atoms with Crippen LogP contribution in [0.5, 0.6) is 0 Å². The summed E-state index contributed by atoms with van der Waals surface area (Å²) in [7, 11) is 1.58. The van der Waals surface area contributed by atoms with Crippen molar-refractivity contribution in [3.05, 3.63) is 66.9 Å². The number of hydrogen-bond acceptors (Lipinski definition) is 3. The van der Waals surface area contributed by atoms with E-state index in [9.17, 15) is 14.0 Å². The van der Waals surface area contributed by atoms with Gasteiger partial charge in [0.1, 0.15) is 12.4 Å². The number of halogens is 2. The van der Waals surface area contributed by atoms with Crippen LogP contribution in [-0.4, -0.2) is 23.6 Å². The number of pyridine rings is 1. The normalized spacial score (nSPS) is 10.8. The summed E-state index contributed by atoms with van der Waals surface area (Å²) in [5, 5.41) is 0. The monoisotopic (exact) mass is 429 g/mol. The average molecular weight is 429 g/mol. The van der Waals surface area contributed by atoms with E-state index >= 15 is 0 Å². The fourth-order valence-electron chi connectivity index (χ4n) is 2.26. The van der Waals surface area contributed by atoms with Crippen LogP contribution in [0.2, 0.25) is 0 Å². The smallest absolute Gasteiger partial charge is 0.250 e. The van der Waals surface area contributed by atoms with Crippen molar-refractivity contribution in [3.8, 4) is 0 Å². The third-order valence-electron chi connectivity index (χ3n) is 3.55. The van der Waals surface area contributed by atoms with E-state index in [1.54, 1.807) is 26.1 Å². The van der Waals surface area contributed by atoms with Crippen LogP contribution in [0, 0.1) is 9.39 Å². The lowest BCUT2D eigenvalue weighted by molar-refractivity contribution is 0.0781. The van der Waals surface area contributed by atoms with Crippen LogP contribution in [0.4, 0.5) is 4.39 Å². The van der Waals surface area contributed by atoms with Crippen molar-refractivity contribution in [2.75, 3.05) is 13.2 Å². The van der Waals surface area contributed by atoms with Gasteiger partial charge in [-0.2, -0.15) is 0 Å². The van der Waals surface area contributed by atoms with Gasteiger partial charge in [-0.3, -0.25) is 9.59 Å². The average Bonchev–Trinajstić information content (AvgIpc) is 2.52. The maximum absolute atomic E-state index is 14.1. The van der Waals surface area contributed by atoms with Crippen LogP contribution in [0.1, 0.15) is 28.5 Å². The van der Waals surface area contributed by atoms with E-state index in [0.717, 1.165) is 3.57 Å². The summed E-state index contributed by atoms with van der Waals surface area (Å²) in [5.74, 6) is -0.570. The van der Waals surface area contributed by atoms with Crippen LogP contribution in [0.3, 0.4) is 0 Å². The van der Waals surface area contributed by atoms with Crippen LogP contribution in [-0.2, 0) is 18.2 Å². The summed E-state index contributed by atoms with van der Waals surface area (Å²) in [6, 6.07) is 7.72. The molecule has 6 heteroatoms. The number of Topliss-reactive ketones (excluding diaryl/α,β-unsaturated/α-hetero) is 1. The summed E-state index contributed by atoms with van der Waals surface area (Å²) >= 11 is 2.03. The van der Waals surface area contributed by atoms with E-state index in [4.69, 9.17) is 4.74 Å². The molecule has 0 unspecified atom stereocenters. The minimum Gasteiger partial charge on any atom is -0.374 e. The standard InChI is InChI=1S/C17H17FINO3/c1-3-23-10-16(21)13-6-7-17(22)20(2)15(13)8-11-4-5-12(19)9-14(11)18/h4-7,9H,3,8,10H2,1-2H3. The van der Waals surface area contributed by atoms with Gasteiger partial charge in [-0.25, -0.2) is 4.39 Å². The van der Waals surface area contributed by atoms with E-state index < -0.39 is 0 Å². The summed E-state index contributed by atoms with van der Waals surface area (Å²) < 4.78 is 21.4. The molecule has 2 aromatic rings. The van der Waals surface area contributed by atoms with Crippen LogP contribution in [0.25, 0.3) is 0 Å². The van der Waals surface area contributed by atoms with Gasteiger partial charge >= 0.3 is 0 Å². The number of carbonyl (C=O) groups is 1. The minimum absolute atomic E-state index is 0.0587. The van der Waals surface area contributed by atoms with Crippen molar-refractivity contribution in [2.24, 2.45) is 7.05 Å². The highest BCUT2D eigenvalue weighted by Gasteiger charge is 2.16. The molecule has 0 spiro atoms. The van der Waals surface area contributed by atoms with Crippen LogP contribution < -0.4 is 5.56 Å². The fourth-order valence-corrected chi connectivity index (χ4v) is 2.72. The Morgan fingerprint density at radius 1 is 1.30 bits per heavy atom. The molecule has 0 fully saturated rings. The van der Waals surface area contributed by atoms with Crippen molar-refractivity contribution in [1.29, 1.82) is 0 Å². The Labute approximate surface area is 147 Å². The molecule has 1 aromatic heterocycles. The van der Waals surface area contributed by atoms with Crippen LogP contribution in [0.15, 0.2) is 35.1 Å². The first-order chi connectivity index (χ1) is 10.9. The van der Waals surface area contributed by atoms with Crippen molar-refractivity contribution >= 4 is 28.4 Å². The molecule has 0 aliphatic rings. The molecule has 0 N–H and O–H groups in total. The van der Waals surface area contributed by atoms with E-state index in [0.29, 0.717) is 23.4 Å². The third kappa shape index (κ3) is 4.26. The molecule has 23 heavy (non-hydrogen) atoms. The number of ether oxygens (including phenoxy) is 1. The molecular formula is C17H17FINO3. The fraction of sp³-hybridized carbons (Fsp3) is 0.294. The number of nitrogens with zero attached hydrogens (tertiary/aromatic N) is 1. The zero-order chi connectivity index (χ0) is 17.0. The van der Waals surface area contributed by atoms with Gasteiger partial charge in [0.15, 0.2) is 5.78 Å². The molecule has 2 rings (SSSR count). The number of benzene rings is 1. The molecule has 0 radical (unpaired) electrons. The molecule has 0 saturated heterocycles. The lowest BCUT2D eigenvalue weighted by Crippen LogP contribution is -2.24. The van der Waals surface area contributed by atoms with E-state index in [1.165, 1.54) is 22.8 Å². The van der Waals surface area contributed by atoms with Gasteiger partial charge in [-0.05, 0) is 53.3 Å². The first-order valence-corrected chi connectivity index (χ1v) is 8.25. The number of carbonyl (C=O) groups excluding carboxylic acids is 1. The highest BCUT2D eigenvalue weighted by atomic mass is 127. The Morgan fingerprint density at radius 3 is 2.70 bits per heavy atom. The molecule has 0 saturated carbocycles. The Morgan fingerprint density at radius 2 is 2.04 bits per heavy atom. The molecular weight excluding hydrogens is 412 g/mol.